The molecule has 3 aromatic rings. The van der Waals surface area contributed by atoms with Crippen molar-refractivity contribution >= 4 is 46.4 Å². The van der Waals surface area contributed by atoms with E-state index in [4.69, 9.17) is 16.3 Å². The number of anilines is 2. The highest BCUT2D eigenvalue weighted by atomic mass is 35.5. The average molecular weight is 498 g/mol. The minimum absolute atomic E-state index is 0.00673. The lowest BCUT2D eigenvalue weighted by Gasteiger charge is -2.19. The molecule has 0 amide bonds. The van der Waals surface area contributed by atoms with Crippen LogP contribution < -0.4 is 4.90 Å². The summed E-state index contributed by atoms with van der Waals surface area (Å²) in [5.74, 6) is -0.861. The molecular weight excluding hydrogens is 472 g/mol. The van der Waals surface area contributed by atoms with E-state index >= 15 is 0 Å². The number of ketones is 1. The third-order valence-corrected chi connectivity index (χ3v) is 6.41. The molecule has 8 heteroatoms. The van der Waals surface area contributed by atoms with Crippen LogP contribution >= 0.6 is 11.6 Å². The molecule has 0 spiro atoms. The molecule has 0 saturated heterocycles. The Morgan fingerprint density at radius 2 is 1.68 bits per heavy atom. The minimum Gasteiger partial charge on any atom is -0.456 e. The number of esters is 1. The summed E-state index contributed by atoms with van der Waals surface area (Å²) < 4.78 is 16.8. The number of nitrogens with zero attached hydrogens (tertiary/aromatic N) is 2. The number of pyridine rings is 1. The number of ether oxygens (including phenoxy) is 1. The van der Waals surface area contributed by atoms with Gasteiger partial charge < -0.3 is 9.64 Å². The molecule has 0 radical (unpaired) electrons. The van der Waals surface area contributed by atoms with Crippen molar-refractivity contribution in [3.8, 4) is 0 Å². The molecule has 0 fully saturated rings. The van der Waals surface area contributed by atoms with Crippen LogP contribution in [-0.2, 0) is 20.6 Å². The van der Waals surface area contributed by atoms with Gasteiger partial charge in [0.05, 0.1) is 17.4 Å². The molecule has 0 aliphatic rings. The van der Waals surface area contributed by atoms with Crippen LogP contribution in [0.4, 0.5) is 11.4 Å². The highest BCUT2D eigenvalue weighted by molar-refractivity contribution is 7.66. The summed E-state index contributed by atoms with van der Waals surface area (Å²) >= 11 is 6.34. The second-order valence-corrected chi connectivity index (χ2v) is 9.26. The first-order valence-electron chi connectivity index (χ1n) is 10.9. The smallest absolute Gasteiger partial charge is 0.456 e. The third-order valence-electron chi connectivity index (χ3n) is 5.52. The van der Waals surface area contributed by atoms with Crippen LogP contribution in [0, 0.1) is 5.92 Å². The van der Waals surface area contributed by atoms with E-state index in [9.17, 15) is 13.8 Å². The number of halogens is 1. The van der Waals surface area contributed by atoms with Crippen molar-refractivity contribution in [3.63, 3.8) is 0 Å². The Morgan fingerprint density at radius 1 is 1.00 bits per heavy atom. The number of carbonyl (C=O) groups excluding carboxylic acids is 2. The maximum Gasteiger partial charge on any atom is 0.465 e. The summed E-state index contributed by atoms with van der Waals surface area (Å²) in [6, 6.07) is 19.6. The first-order chi connectivity index (χ1) is 16.4. The molecule has 0 aliphatic carbocycles. The number of aromatic nitrogens is 1. The molecule has 1 aromatic heterocycles. The van der Waals surface area contributed by atoms with Crippen molar-refractivity contribution in [3.05, 3.63) is 89.2 Å². The fraction of sp³-hybridized carbons (Fsp3) is 0.269. The summed E-state index contributed by atoms with van der Waals surface area (Å²) in [6.45, 7) is 1.83. The molecule has 6 nitrogen and oxygen atoms in total. The Balaban J connectivity index is 1.51. The molecule has 2 unspecified atom stereocenters. The van der Waals surface area contributed by atoms with Crippen LogP contribution in [-0.4, -0.2) is 35.6 Å². The van der Waals surface area contributed by atoms with Crippen LogP contribution in [0.15, 0.2) is 72.9 Å². The second kappa shape index (κ2) is 12.3. The van der Waals surface area contributed by atoms with Crippen molar-refractivity contribution in [1.82, 2.24) is 4.98 Å². The molecule has 176 valence electrons. The molecule has 0 saturated carbocycles. The van der Waals surface area contributed by atoms with Gasteiger partial charge in [0.15, 0.2) is 12.4 Å². The van der Waals surface area contributed by atoms with Crippen molar-refractivity contribution in [2.24, 2.45) is 5.92 Å². The molecule has 34 heavy (non-hydrogen) atoms. The Labute approximate surface area is 208 Å². The summed E-state index contributed by atoms with van der Waals surface area (Å²) in [6.07, 6.45) is 2.62. The van der Waals surface area contributed by atoms with Crippen molar-refractivity contribution in [2.75, 3.05) is 18.6 Å². The molecule has 0 N–H and O–H groups in total. The quantitative estimate of drug-likeness (QED) is 0.190. The highest BCUT2D eigenvalue weighted by Crippen LogP contribution is 2.25. The van der Waals surface area contributed by atoms with E-state index < -0.39 is 11.2 Å². The van der Waals surface area contributed by atoms with Gasteiger partial charge in [-0.05, 0) is 55.0 Å². The minimum atomic E-state index is -0.461. The molecule has 1 heterocycles. The van der Waals surface area contributed by atoms with Gasteiger partial charge in [-0.25, -0.2) is 4.79 Å². The summed E-state index contributed by atoms with van der Waals surface area (Å²) in [7, 11) is 1.91. The molecule has 0 bridgehead atoms. The lowest BCUT2D eigenvalue weighted by molar-refractivity contribution is 0.0501. The topological polar surface area (TPSA) is 76.6 Å². The maximum atomic E-state index is 12.8. The van der Waals surface area contributed by atoms with Gasteiger partial charge in [-0.1, -0.05) is 36.7 Å². The largest absolute Gasteiger partial charge is 0.465 e. The van der Waals surface area contributed by atoms with E-state index in [1.54, 1.807) is 36.5 Å². The fourth-order valence-electron chi connectivity index (χ4n) is 3.35. The Morgan fingerprint density at radius 3 is 2.29 bits per heavy atom. The van der Waals surface area contributed by atoms with Gasteiger partial charge in [0, 0.05) is 34.3 Å². The van der Waals surface area contributed by atoms with E-state index in [0.717, 1.165) is 11.4 Å². The van der Waals surface area contributed by atoms with Crippen LogP contribution in [0.25, 0.3) is 0 Å². The first kappa shape index (κ1) is 25.5. The van der Waals surface area contributed by atoms with E-state index in [1.807, 2.05) is 55.3 Å². The monoisotopic (exact) mass is 497 g/mol. The van der Waals surface area contributed by atoms with Crippen LogP contribution in [0.5, 0.6) is 0 Å². The zero-order chi connectivity index (χ0) is 24.5. The van der Waals surface area contributed by atoms with Gasteiger partial charge in [0.2, 0.25) is 0 Å². The fourth-order valence-corrected chi connectivity index (χ4v) is 3.83. The van der Waals surface area contributed by atoms with Gasteiger partial charge in [-0.3, -0.25) is 9.78 Å². The summed E-state index contributed by atoms with van der Waals surface area (Å²) in [5, 5.41) is 0.239. The summed E-state index contributed by atoms with van der Waals surface area (Å²) in [5.41, 5.74) is 2.61. The van der Waals surface area contributed by atoms with Gasteiger partial charge in [0.25, 0.3) is 5.25 Å². The normalized spacial score (nSPS) is 12.4. The van der Waals surface area contributed by atoms with E-state index in [0.29, 0.717) is 40.8 Å². The maximum absolute atomic E-state index is 12.8. The SMILES string of the molecule is CC(CCC(COC(=O)c1ccccc1)[S+]=O)C(=O)c1ccc(N(C)c2ccc(Cl)cc2)cn1. The Hall–Kier alpha value is -3.16. The van der Waals surface area contributed by atoms with Crippen LogP contribution in [0.2, 0.25) is 5.02 Å². The van der Waals surface area contributed by atoms with Gasteiger partial charge in [-0.15, -0.1) is 0 Å². The standard InChI is InChI=1S/C26H26ClN2O4S/c1-18(8-14-23(34-32)17-33-26(31)19-6-4-3-5-7-19)25(30)24-15-13-22(16-28-24)29(2)21-11-9-20(27)10-12-21/h3-7,9-13,15-16,18,23H,8,14,17H2,1-2H3/q+1. The van der Waals surface area contributed by atoms with E-state index in [2.05, 4.69) is 4.98 Å². The molecule has 0 aliphatic heterocycles. The molecule has 2 aromatic carbocycles. The zero-order valence-corrected chi connectivity index (χ0v) is 20.6. The second-order valence-electron chi connectivity index (χ2n) is 7.96. The highest BCUT2D eigenvalue weighted by Gasteiger charge is 2.27. The Bertz CT molecular complexity index is 1110. The van der Waals surface area contributed by atoms with Crippen molar-refractivity contribution in [2.45, 2.75) is 25.0 Å². The Kier molecular flexibility index (Phi) is 9.24. The van der Waals surface area contributed by atoms with Gasteiger partial charge >= 0.3 is 17.6 Å². The number of Topliss-reactive ketones (excluding diaryl/α,β-unsaturated/α-hetero) is 1. The van der Waals surface area contributed by atoms with Gasteiger partial charge in [0.1, 0.15) is 5.69 Å². The number of hydrogen-bond acceptors (Lipinski definition) is 6. The third kappa shape index (κ3) is 6.92. The average Bonchev–Trinajstić information content (AvgIpc) is 2.88. The lowest BCUT2D eigenvalue weighted by Crippen LogP contribution is -2.21. The lowest BCUT2D eigenvalue weighted by atomic mass is 9.97. The number of benzene rings is 2. The predicted octanol–water partition coefficient (Wildman–Crippen LogP) is 5.76. The zero-order valence-electron chi connectivity index (χ0n) is 19.0. The summed E-state index contributed by atoms with van der Waals surface area (Å²) in [4.78, 5) is 31.2. The molecule has 3 rings (SSSR count). The van der Waals surface area contributed by atoms with Crippen LogP contribution in [0.1, 0.15) is 40.6 Å². The number of carbonyl (C=O) groups is 2. The molecular formula is C26H26ClN2O4S+. The van der Waals surface area contributed by atoms with Crippen LogP contribution in [0.3, 0.4) is 0 Å². The first-order valence-corrected chi connectivity index (χ1v) is 12.1. The predicted molar refractivity (Wildman–Crippen MR) is 135 cm³/mol. The van der Waals surface area contributed by atoms with E-state index in [-0.39, 0.29) is 18.3 Å². The van der Waals surface area contributed by atoms with E-state index in [1.165, 1.54) is 0 Å². The van der Waals surface area contributed by atoms with Crippen molar-refractivity contribution < 1.29 is 18.5 Å². The molecule has 2 atom stereocenters. The van der Waals surface area contributed by atoms with Gasteiger partial charge in [-0.2, -0.15) is 0 Å². The number of rotatable bonds is 11. The number of hydrogen-bond donors (Lipinski definition) is 0. The van der Waals surface area contributed by atoms with Crippen molar-refractivity contribution in [1.29, 1.82) is 0 Å².